The number of nitrogens with zero attached hydrogens (tertiary/aromatic N) is 3. The van der Waals surface area contributed by atoms with Crippen molar-refractivity contribution in [3.63, 3.8) is 0 Å². The topological polar surface area (TPSA) is 71.5 Å². The van der Waals surface area contributed by atoms with Gasteiger partial charge < -0.3 is 14.4 Å². The molecule has 0 spiro atoms. The molecular formula is C14H19N3O3. The van der Waals surface area contributed by atoms with E-state index >= 15 is 0 Å². The average Bonchev–Trinajstić information content (AvgIpc) is 2.89. The van der Waals surface area contributed by atoms with Crippen LogP contribution in [0, 0.1) is 0 Å². The van der Waals surface area contributed by atoms with Gasteiger partial charge in [0, 0.05) is 19.7 Å². The van der Waals surface area contributed by atoms with Gasteiger partial charge in [-0.25, -0.2) is 4.68 Å². The maximum atomic E-state index is 12.0. The first-order chi connectivity index (χ1) is 9.63. The quantitative estimate of drug-likeness (QED) is 0.859. The molecule has 1 N–H and O–H groups in total. The Hall–Kier alpha value is -2.08. The van der Waals surface area contributed by atoms with Crippen molar-refractivity contribution in [2.75, 3.05) is 18.5 Å². The lowest BCUT2D eigenvalue weighted by Crippen LogP contribution is -2.26. The summed E-state index contributed by atoms with van der Waals surface area (Å²) in [6, 6.07) is 4.99. The number of hydrogen-bond acceptors (Lipinski definition) is 5. The monoisotopic (exact) mass is 277 g/mol. The Labute approximate surface area is 117 Å². The Bertz CT molecular complexity index is 618. The van der Waals surface area contributed by atoms with Crippen molar-refractivity contribution in [3.8, 4) is 0 Å². The Morgan fingerprint density at radius 3 is 2.75 bits per heavy atom. The number of aliphatic hydroxyl groups is 1. The lowest BCUT2D eigenvalue weighted by atomic mass is 10.3. The molecule has 0 aliphatic heterocycles. The molecular weight excluding hydrogens is 258 g/mol. The molecule has 6 nitrogen and oxygen atoms in total. The standard InChI is InChI=1S/C14H19N3O3/c1-3-6-16(2)11-7-14(19)17(15-8-11)9-12-4-5-13(10-18)20-12/h4-5,7-8,18H,3,6,9-10H2,1-2H3. The predicted octanol–water partition coefficient (Wildman–Crippen LogP) is 1.22. The summed E-state index contributed by atoms with van der Waals surface area (Å²) in [6.45, 7) is 3.07. The van der Waals surface area contributed by atoms with Gasteiger partial charge in [0.1, 0.15) is 24.7 Å². The van der Waals surface area contributed by atoms with Gasteiger partial charge in [-0.05, 0) is 18.6 Å². The summed E-state index contributed by atoms with van der Waals surface area (Å²) in [4.78, 5) is 14.0. The highest BCUT2D eigenvalue weighted by molar-refractivity contribution is 5.41. The van der Waals surface area contributed by atoms with E-state index in [9.17, 15) is 4.79 Å². The van der Waals surface area contributed by atoms with Crippen molar-refractivity contribution in [2.45, 2.75) is 26.5 Å². The van der Waals surface area contributed by atoms with Crippen LogP contribution in [0.5, 0.6) is 0 Å². The van der Waals surface area contributed by atoms with Crippen LogP contribution in [0.2, 0.25) is 0 Å². The van der Waals surface area contributed by atoms with Crippen LogP contribution in [0.1, 0.15) is 24.9 Å². The van der Waals surface area contributed by atoms with Gasteiger partial charge in [0.25, 0.3) is 5.56 Å². The number of rotatable bonds is 6. The zero-order valence-electron chi connectivity index (χ0n) is 11.7. The predicted molar refractivity (Wildman–Crippen MR) is 75.8 cm³/mol. The Balaban J connectivity index is 2.15. The summed E-state index contributed by atoms with van der Waals surface area (Å²) in [5.41, 5.74) is 0.635. The zero-order chi connectivity index (χ0) is 14.5. The van der Waals surface area contributed by atoms with Crippen LogP contribution in [0.15, 0.2) is 33.6 Å². The normalized spacial score (nSPS) is 10.8. The lowest BCUT2D eigenvalue weighted by Gasteiger charge is -2.17. The second-order valence-corrected chi connectivity index (χ2v) is 4.66. The fraction of sp³-hybridized carbons (Fsp3) is 0.429. The molecule has 0 aliphatic rings. The van der Waals surface area contributed by atoms with E-state index in [1.807, 2.05) is 11.9 Å². The molecule has 0 bridgehead atoms. The first-order valence-corrected chi connectivity index (χ1v) is 6.60. The molecule has 2 rings (SSSR count). The van der Waals surface area contributed by atoms with Crippen molar-refractivity contribution in [2.24, 2.45) is 0 Å². The molecule has 0 fully saturated rings. The third kappa shape index (κ3) is 3.27. The summed E-state index contributed by atoms with van der Waals surface area (Å²) in [5, 5.41) is 13.1. The van der Waals surface area contributed by atoms with Crippen LogP contribution in [0.4, 0.5) is 5.69 Å². The Morgan fingerprint density at radius 1 is 1.40 bits per heavy atom. The van der Waals surface area contributed by atoms with Gasteiger partial charge in [-0.15, -0.1) is 0 Å². The molecule has 6 heteroatoms. The van der Waals surface area contributed by atoms with Crippen molar-refractivity contribution in [1.29, 1.82) is 0 Å². The van der Waals surface area contributed by atoms with Crippen molar-refractivity contribution in [3.05, 3.63) is 46.3 Å². The largest absolute Gasteiger partial charge is 0.462 e. The van der Waals surface area contributed by atoms with Gasteiger partial charge in [-0.3, -0.25) is 4.79 Å². The highest BCUT2D eigenvalue weighted by atomic mass is 16.4. The van der Waals surface area contributed by atoms with Gasteiger partial charge in [0.15, 0.2) is 0 Å². The second-order valence-electron chi connectivity index (χ2n) is 4.66. The molecule has 0 atom stereocenters. The maximum Gasteiger partial charge on any atom is 0.269 e. The maximum absolute atomic E-state index is 12.0. The van der Waals surface area contributed by atoms with E-state index in [0.717, 1.165) is 18.7 Å². The Kier molecular flexibility index (Phi) is 4.57. The first kappa shape index (κ1) is 14.3. The smallest absolute Gasteiger partial charge is 0.269 e. The number of aromatic nitrogens is 2. The van der Waals surface area contributed by atoms with E-state index in [1.165, 1.54) is 4.68 Å². The highest BCUT2D eigenvalue weighted by Crippen LogP contribution is 2.10. The van der Waals surface area contributed by atoms with Crippen LogP contribution in [0.3, 0.4) is 0 Å². The van der Waals surface area contributed by atoms with Gasteiger partial charge in [0.2, 0.25) is 0 Å². The lowest BCUT2D eigenvalue weighted by molar-refractivity contribution is 0.242. The van der Waals surface area contributed by atoms with E-state index in [4.69, 9.17) is 9.52 Å². The molecule has 0 saturated heterocycles. The van der Waals surface area contributed by atoms with E-state index in [2.05, 4.69) is 12.0 Å². The fourth-order valence-electron chi connectivity index (χ4n) is 1.96. The van der Waals surface area contributed by atoms with Crippen LogP contribution in [-0.4, -0.2) is 28.5 Å². The second kappa shape index (κ2) is 6.38. The minimum atomic E-state index is -0.174. The van der Waals surface area contributed by atoms with Crippen molar-refractivity contribution in [1.82, 2.24) is 9.78 Å². The third-order valence-electron chi connectivity index (χ3n) is 3.03. The number of aliphatic hydroxyl groups excluding tert-OH is 1. The average molecular weight is 277 g/mol. The number of hydrogen-bond donors (Lipinski definition) is 1. The molecule has 0 radical (unpaired) electrons. The number of furan rings is 1. The fourth-order valence-corrected chi connectivity index (χ4v) is 1.96. The van der Waals surface area contributed by atoms with Gasteiger partial charge in [-0.2, -0.15) is 5.10 Å². The van der Waals surface area contributed by atoms with E-state index < -0.39 is 0 Å². The summed E-state index contributed by atoms with van der Waals surface area (Å²) < 4.78 is 6.68. The van der Waals surface area contributed by atoms with Gasteiger partial charge in [-0.1, -0.05) is 6.92 Å². The number of anilines is 1. The molecule has 2 heterocycles. The summed E-state index contributed by atoms with van der Waals surface area (Å²) >= 11 is 0. The summed E-state index contributed by atoms with van der Waals surface area (Å²) in [5.74, 6) is 1.07. The van der Waals surface area contributed by atoms with Crippen LogP contribution >= 0.6 is 0 Å². The zero-order valence-corrected chi connectivity index (χ0v) is 11.7. The van der Waals surface area contributed by atoms with E-state index in [0.29, 0.717) is 11.5 Å². The molecule has 20 heavy (non-hydrogen) atoms. The van der Waals surface area contributed by atoms with Gasteiger partial charge in [0.05, 0.1) is 11.9 Å². The molecule has 0 unspecified atom stereocenters. The third-order valence-corrected chi connectivity index (χ3v) is 3.03. The summed E-state index contributed by atoms with van der Waals surface area (Å²) in [7, 11) is 1.93. The summed E-state index contributed by atoms with van der Waals surface area (Å²) in [6.07, 6.45) is 2.68. The van der Waals surface area contributed by atoms with E-state index in [-0.39, 0.29) is 18.7 Å². The molecule has 0 saturated carbocycles. The van der Waals surface area contributed by atoms with E-state index in [1.54, 1.807) is 24.4 Å². The molecule has 108 valence electrons. The van der Waals surface area contributed by atoms with Crippen molar-refractivity contribution < 1.29 is 9.52 Å². The molecule has 0 aliphatic carbocycles. The highest BCUT2D eigenvalue weighted by Gasteiger charge is 2.07. The van der Waals surface area contributed by atoms with Gasteiger partial charge >= 0.3 is 0 Å². The SMILES string of the molecule is CCCN(C)c1cnn(Cc2ccc(CO)o2)c(=O)c1. The first-order valence-electron chi connectivity index (χ1n) is 6.60. The minimum Gasteiger partial charge on any atom is -0.462 e. The van der Waals surface area contributed by atoms with Crippen LogP contribution < -0.4 is 10.5 Å². The molecule has 0 amide bonds. The van der Waals surface area contributed by atoms with Crippen molar-refractivity contribution >= 4 is 5.69 Å². The molecule has 0 aromatic carbocycles. The molecule has 2 aromatic rings. The molecule has 2 aromatic heterocycles. The minimum absolute atomic E-state index is 0.150. The van der Waals surface area contributed by atoms with Crippen LogP contribution in [0.25, 0.3) is 0 Å². The van der Waals surface area contributed by atoms with Crippen LogP contribution in [-0.2, 0) is 13.2 Å². The Morgan fingerprint density at radius 2 is 2.15 bits per heavy atom.